The molecule has 0 unspecified atom stereocenters. The Hall–Kier alpha value is -0.621. The first-order valence-corrected chi connectivity index (χ1v) is 2.27. The Kier molecular flexibility index (Phi) is 18.4. The van der Waals surface area contributed by atoms with Gasteiger partial charge in [-0.25, -0.2) is 0 Å². The van der Waals surface area contributed by atoms with Crippen molar-refractivity contribution in [3.63, 3.8) is 0 Å². The standard InChI is InChI=1S/2C2H4NO2.Cu/c2*3-1-2(4)5;/h2*3H,1H2,(H,4,5);/q2*-1;+2. The topological polar surface area (TPSA) is 122 Å². The Morgan fingerprint density at radius 2 is 1.09 bits per heavy atom. The second-order valence-corrected chi connectivity index (χ2v) is 1.14. The molecule has 0 rings (SSSR count). The van der Waals surface area contributed by atoms with E-state index in [9.17, 15) is 9.59 Å². The molecule has 69 valence electrons. The molecule has 0 aliphatic rings. The van der Waals surface area contributed by atoms with E-state index in [0.29, 0.717) is 0 Å². The van der Waals surface area contributed by atoms with Crippen LogP contribution in [-0.2, 0) is 26.7 Å². The van der Waals surface area contributed by atoms with Crippen LogP contribution in [0.5, 0.6) is 0 Å². The Balaban J connectivity index is -0.000000107. The minimum absolute atomic E-state index is 0. The first-order chi connectivity index (χ1) is 4.54. The number of carbonyl (C=O) groups is 2. The molecule has 0 aliphatic carbocycles. The van der Waals surface area contributed by atoms with Gasteiger partial charge in [0.25, 0.3) is 11.9 Å². The second-order valence-electron chi connectivity index (χ2n) is 1.14. The molecule has 0 atom stereocenters. The number of carboxylic acid groups (broad SMARTS) is 2. The van der Waals surface area contributed by atoms with Crippen LogP contribution in [0.3, 0.4) is 0 Å². The van der Waals surface area contributed by atoms with Crippen LogP contribution in [0.25, 0.3) is 11.5 Å². The Bertz CT molecular complexity index is 105. The van der Waals surface area contributed by atoms with Gasteiger partial charge in [0.15, 0.2) is 0 Å². The van der Waals surface area contributed by atoms with Gasteiger partial charge in [-0.3, -0.25) is 9.59 Å². The molecule has 0 aromatic heterocycles. The summed E-state index contributed by atoms with van der Waals surface area (Å²) in [6.07, 6.45) is 0. The third-order valence-corrected chi connectivity index (χ3v) is 0.302. The van der Waals surface area contributed by atoms with Gasteiger partial charge in [-0.05, 0) is 0 Å². The number of nitrogens with one attached hydrogen (secondary N) is 2. The summed E-state index contributed by atoms with van der Waals surface area (Å²) in [6.45, 7) is -1.06. The van der Waals surface area contributed by atoms with Crippen molar-refractivity contribution >= 4 is 11.9 Å². The minimum atomic E-state index is -1.08. The van der Waals surface area contributed by atoms with E-state index in [4.69, 9.17) is 21.7 Å². The van der Waals surface area contributed by atoms with E-state index in [0.717, 1.165) is 0 Å². The van der Waals surface area contributed by atoms with E-state index in [2.05, 4.69) is 0 Å². The molecule has 0 saturated carbocycles. The van der Waals surface area contributed by atoms with Gasteiger partial charge in [0.2, 0.25) is 0 Å². The van der Waals surface area contributed by atoms with Crippen molar-refractivity contribution in [3.05, 3.63) is 11.5 Å². The third-order valence-electron chi connectivity index (χ3n) is 0.302. The average molecular weight is 212 g/mol. The smallest absolute Gasteiger partial charge is 0.668 e. The minimum Gasteiger partial charge on any atom is -0.668 e. The Morgan fingerprint density at radius 3 is 1.09 bits per heavy atom. The molecule has 0 bridgehead atoms. The van der Waals surface area contributed by atoms with Crippen LogP contribution in [0.4, 0.5) is 0 Å². The summed E-state index contributed by atoms with van der Waals surface area (Å²) in [4.78, 5) is 18.4. The fraction of sp³-hybridized carbons (Fsp3) is 0.500. The van der Waals surface area contributed by atoms with Gasteiger partial charge in [0.05, 0.1) is 0 Å². The molecular formula is C4H8CuN2O4. The van der Waals surface area contributed by atoms with Crippen LogP contribution < -0.4 is 0 Å². The van der Waals surface area contributed by atoms with Gasteiger partial charge < -0.3 is 21.7 Å². The molecule has 1 radical (unpaired) electrons. The summed E-state index contributed by atoms with van der Waals surface area (Å²) >= 11 is 0. The molecule has 6 nitrogen and oxygen atoms in total. The van der Waals surface area contributed by atoms with E-state index >= 15 is 0 Å². The van der Waals surface area contributed by atoms with Crippen LogP contribution in [0.15, 0.2) is 0 Å². The average Bonchev–Trinajstić information content (AvgIpc) is 1.89. The summed E-state index contributed by atoms with van der Waals surface area (Å²) in [6, 6.07) is 0. The van der Waals surface area contributed by atoms with Crippen molar-refractivity contribution < 1.29 is 36.9 Å². The molecule has 4 N–H and O–H groups in total. The number of hydrogen-bond acceptors (Lipinski definition) is 2. The molecule has 0 aromatic rings. The molecule has 0 heterocycles. The molecule has 0 spiro atoms. The zero-order valence-corrected chi connectivity index (χ0v) is 6.37. The van der Waals surface area contributed by atoms with Crippen molar-refractivity contribution in [2.24, 2.45) is 0 Å². The largest absolute Gasteiger partial charge is 2.00 e. The van der Waals surface area contributed by atoms with E-state index in [1.54, 1.807) is 0 Å². The Morgan fingerprint density at radius 1 is 1.00 bits per heavy atom. The van der Waals surface area contributed by atoms with Crippen molar-refractivity contribution in [1.82, 2.24) is 0 Å². The van der Waals surface area contributed by atoms with Gasteiger partial charge in [-0.15, -0.1) is 0 Å². The van der Waals surface area contributed by atoms with E-state index in [1.165, 1.54) is 0 Å². The van der Waals surface area contributed by atoms with Crippen molar-refractivity contribution in [2.75, 3.05) is 13.1 Å². The van der Waals surface area contributed by atoms with Gasteiger partial charge in [0, 0.05) is 0 Å². The summed E-state index contributed by atoms with van der Waals surface area (Å²) in [5, 5.41) is 15.1. The number of hydrogen-bond donors (Lipinski definition) is 2. The summed E-state index contributed by atoms with van der Waals surface area (Å²) in [7, 11) is 0. The first kappa shape index (κ1) is 16.8. The number of aliphatic carboxylic acids is 2. The summed E-state index contributed by atoms with van der Waals surface area (Å²) in [5.74, 6) is -2.16. The van der Waals surface area contributed by atoms with Gasteiger partial charge >= 0.3 is 17.1 Å². The molecule has 0 aromatic carbocycles. The molecule has 7 heteroatoms. The van der Waals surface area contributed by atoms with E-state index in [-0.39, 0.29) is 17.1 Å². The maximum absolute atomic E-state index is 9.18. The van der Waals surface area contributed by atoms with E-state index in [1.807, 2.05) is 0 Å². The molecule has 0 saturated heterocycles. The van der Waals surface area contributed by atoms with Crippen molar-refractivity contribution in [3.8, 4) is 0 Å². The van der Waals surface area contributed by atoms with Crippen LogP contribution in [-0.4, -0.2) is 35.2 Å². The quantitative estimate of drug-likeness (QED) is 0.636. The van der Waals surface area contributed by atoms with Crippen molar-refractivity contribution in [2.45, 2.75) is 0 Å². The van der Waals surface area contributed by atoms with Crippen LogP contribution >= 0.6 is 0 Å². The van der Waals surface area contributed by atoms with Gasteiger partial charge in [0.1, 0.15) is 0 Å². The van der Waals surface area contributed by atoms with Crippen molar-refractivity contribution in [1.29, 1.82) is 0 Å². The number of carboxylic acids is 2. The first-order valence-electron chi connectivity index (χ1n) is 2.27. The van der Waals surface area contributed by atoms with Gasteiger partial charge in [-0.2, -0.15) is 0 Å². The molecule has 0 aliphatic heterocycles. The zero-order valence-electron chi connectivity index (χ0n) is 5.43. The zero-order chi connectivity index (χ0) is 8.57. The predicted molar refractivity (Wildman–Crippen MR) is 33.6 cm³/mol. The van der Waals surface area contributed by atoms with Crippen LogP contribution in [0, 0.1) is 0 Å². The predicted octanol–water partition coefficient (Wildman–Crippen LogP) is 0.244. The van der Waals surface area contributed by atoms with Crippen LogP contribution in [0.2, 0.25) is 0 Å². The maximum Gasteiger partial charge on any atom is 2.00 e. The third kappa shape index (κ3) is 44.7. The van der Waals surface area contributed by atoms with Crippen LogP contribution in [0.1, 0.15) is 0 Å². The van der Waals surface area contributed by atoms with E-state index < -0.39 is 25.0 Å². The SMILES string of the molecule is [Cu+2].[NH-]CC(=O)O.[NH-]CC(=O)O. The monoisotopic (exact) mass is 211 g/mol. The van der Waals surface area contributed by atoms with Gasteiger partial charge in [-0.1, -0.05) is 13.1 Å². The molecule has 0 fully saturated rings. The Labute approximate surface area is 74.0 Å². The summed E-state index contributed by atoms with van der Waals surface area (Å²) < 4.78 is 0. The molecule has 0 amide bonds. The molecular weight excluding hydrogens is 204 g/mol. The maximum atomic E-state index is 9.18. The fourth-order valence-electron chi connectivity index (χ4n) is 0. The molecule has 11 heavy (non-hydrogen) atoms. The summed E-state index contributed by atoms with van der Waals surface area (Å²) in [5.41, 5.74) is 12.1. The fourth-order valence-corrected chi connectivity index (χ4v) is 0. The normalized spacial score (nSPS) is 6.73. The second kappa shape index (κ2) is 12.1. The number of rotatable bonds is 2.